The Kier molecular flexibility index (Phi) is 2.10. The van der Waals surface area contributed by atoms with Crippen molar-refractivity contribution in [1.82, 2.24) is 4.98 Å². The highest BCUT2D eigenvalue weighted by Gasteiger charge is 2.17. The third-order valence-corrected chi connectivity index (χ3v) is 2.46. The zero-order chi connectivity index (χ0) is 9.26. The maximum atomic E-state index is 9.08. The van der Waals surface area contributed by atoms with Gasteiger partial charge in [-0.05, 0) is 36.5 Å². The lowest BCUT2D eigenvalue weighted by Gasteiger charge is -2.17. The van der Waals surface area contributed by atoms with Crippen molar-refractivity contribution in [3.63, 3.8) is 0 Å². The molecule has 0 saturated heterocycles. The molecule has 0 radical (unpaired) electrons. The number of hydrogen-bond acceptors (Lipinski definition) is 3. The number of aromatic nitrogens is 1. The van der Waals surface area contributed by atoms with Crippen molar-refractivity contribution >= 4 is 5.71 Å². The van der Waals surface area contributed by atoms with Gasteiger partial charge in [0.25, 0.3) is 0 Å². The van der Waals surface area contributed by atoms with E-state index in [1.807, 2.05) is 6.07 Å². The van der Waals surface area contributed by atoms with Crippen LogP contribution in [0.4, 0.5) is 0 Å². The molecular weight excluding hydrogens is 164 g/mol. The van der Waals surface area contributed by atoms with E-state index in [0.717, 1.165) is 36.1 Å². The number of hydrogen-bond donors (Lipinski definition) is 2. The van der Waals surface area contributed by atoms with Gasteiger partial charge in [0.1, 0.15) is 0 Å². The van der Waals surface area contributed by atoms with Crippen LogP contribution >= 0.6 is 0 Å². The summed E-state index contributed by atoms with van der Waals surface area (Å²) >= 11 is 0. The molecule has 2 N–H and O–H groups in total. The Morgan fingerprint density at radius 3 is 3.08 bits per heavy atom. The zero-order valence-electron chi connectivity index (χ0n) is 7.38. The van der Waals surface area contributed by atoms with Gasteiger partial charge in [-0.3, -0.25) is 4.98 Å². The lowest BCUT2D eigenvalue weighted by molar-refractivity contribution is 0.280. The molecule has 1 aliphatic rings. The van der Waals surface area contributed by atoms with Crippen LogP contribution in [-0.4, -0.2) is 15.8 Å². The largest absolute Gasteiger partial charge is 0.392 e. The van der Waals surface area contributed by atoms with Crippen molar-refractivity contribution in [1.29, 1.82) is 5.41 Å². The standard InChI is InChI=1S/C10H12N2O/c11-9-3-1-2-8-7(6-13)4-5-12-10(8)9/h4-5,11,13H,1-3,6H2. The summed E-state index contributed by atoms with van der Waals surface area (Å²) in [6, 6.07) is 1.83. The van der Waals surface area contributed by atoms with E-state index in [1.165, 1.54) is 0 Å². The van der Waals surface area contributed by atoms with Crippen molar-refractivity contribution in [2.75, 3.05) is 0 Å². The normalized spacial score (nSPS) is 15.6. The Balaban J connectivity index is 2.54. The number of fused-ring (bicyclic) bond motifs is 1. The lowest BCUT2D eigenvalue weighted by Crippen LogP contribution is -2.15. The number of nitrogens with zero attached hydrogens (tertiary/aromatic N) is 1. The van der Waals surface area contributed by atoms with E-state index >= 15 is 0 Å². The Labute approximate surface area is 76.9 Å². The van der Waals surface area contributed by atoms with Crippen LogP contribution in [0.1, 0.15) is 29.7 Å². The van der Waals surface area contributed by atoms with E-state index in [2.05, 4.69) is 4.98 Å². The molecule has 0 unspecified atom stereocenters. The molecule has 0 fully saturated rings. The van der Waals surface area contributed by atoms with Crippen molar-refractivity contribution in [2.45, 2.75) is 25.9 Å². The van der Waals surface area contributed by atoms with E-state index < -0.39 is 0 Å². The van der Waals surface area contributed by atoms with Gasteiger partial charge in [0.15, 0.2) is 0 Å². The summed E-state index contributed by atoms with van der Waals surface area (Å²) in [7, 11) is 0. The second-order valence-corrected chi connectivity index (χ2v) is 3.29. The Morgan fingerprint density at radius 2 is 2.31 bits per heavy atom. The molecule has 1 aromatic rings. The SMILES string of the molecule is N=C1CCCc2c(CO)ccnc21. The topological polar surface area (TPSA) is 57.0 Å². The molecule has 0 saturated carbocycles. The van der Waals surface area contributed by atoms with Gasteiger partial charge in [-0.2, -0.15) is 0 Å². The molecule has 0 aliphatic heterocycles. The number of aliphatic hydroxyl groups is 1. The average Bonchev–Trinajstić information content (AvgIpc) is 2.18. The van der Waals surface area contributed by atoms with Crippen molar-refractivity contribution < 1.29 is 5.11 Å². The molecule has 13 heavy (non-hydrogen) atoms. The summed E-state index contributed by atoms with van der Waals surface area (Å²) in [5, 5.41) is 16.8. The molecule has 0 bridgehead atoms. The third kappa shape index (κ3) is 1.35. The van der Waals surface area contributed by atoms with Gasteiger partial charge in [0.2, 0.25) is 0 Å². The first kappa shape index (κ1) is 8.38. The van der Waals surface area contributed by atoms with Gasteiger partial charge in [-0.25, -0.2) is 0 Å². The van der Waals surface area contributed by atoms with Crippen molar-refractivity contribution in [3.05, 3.63) is 29.1 Å². The molecule has 0 aromatic carbocycles. The van der Waals surface area contributed by atoms with Crippen LogP contribution in [0.25, 0.3) is 0 Å². The predicted octanol–water partition coefficient (Wildman–Crippen LogP) is 1.28. The van der Waals surface area contributed by atoms with Crippen LogP contribution in [0.2, 0.25) is 0 Å². The molecular formula is C10H12N2O. The molecule has 3 nitrogen and oxygen atoms in total. The van der Waals surface area contributed by atoms with Gasteiger partial charge < -0.3 is 10.5 Å². The Bertz CT molecular complexity index is 347. The monoisotopic (exact) mass is 176 g/mol. The molecule has 68 valence electrons. The zero-order valence-corrected chi connectivity index (χ0v) is 7.38. The fourth-order valence-corrected chi connectivity index (χ4v) is 1.78. The van der Waals surface area contributed by atoms with Crippen LogP contribution in [0, 0.1) is 5.41 Å². The maximum Gasteiger partial charge on any atom is 0.0872 e. The molecule has 1 aromatic heterocycles. The molecule has 1 aliphatic carbocycles. The maximum absolute atomic E-state index is 9.08. The van der Waals surface area contributed by atoms with Gasteiger partial charge in [-0.1, -0.05) is 0 Å². The average molecular weight is 176 g/mol. The molecule has 1 heterocycles. The van der Waals surface area contributed by atoms with E-state index in [4.69, 9.17) is 10.5 Å². The summed E-state index contributed by atoms with van der Waals surface area (Å²) in [6.45, 7) is 0.0537. The van der Waals surface area contributed by atoms with Crippen LogP contribution in [0.5, 0.6) is 0 Å². The summed E-state index contributed by atoms with van der Waals surface area (Å²) in [5.74, 6) is 0. The van der Waals surface area contributed by atoms with Crippen molar-refractivity contribution in [3.8, 4) is 0 Å². The van der Waals surface area contributed by atoms with Crippen molar-refractivity contribution in [2.24, 2.45) is 0 Å². The molecule has 2 rings (SSSR count). The number of pyridine rings is 1. The molecule has 0 amide bonds. The number of aliphatic hydroxyl groups excluding tert-OH is 1. The van der Waals surface area contributed by atoms with Crippen LogP contribution in [0.3, 0.4) is 0 Å². The fourth-order valence-electron chi connectivity index (χ4n) is 1.78. The summed E-state index contributed by atoms with van der Waals surface area (Å²) in [6.07, 6.45) is 4.44. The highest BCUT2D eigenvalue weighted by molar-refractivity contribution is 5.98. The van der Waals surface area contributed by atoms with Gasteiger partial charge in [0.05, 0.1) is 18.0 Å². The predicted molar refractivity (Wildman–Crippen MR) is 49.9 cm³/mol. The summed E-state index contributed by atoms with van der Waals surface area (Å²) in [5.41, 5.74) is 3.39. The van der Waals surface area contributed by atoms with Gasteiger partial charge in [-0.15, -0.1) is 0 Å². The van der Waals surface area contributed by atoms with Crippen LogP contribution < -0.4 is 0 Å². The van der Waals surface area contributed by atoms with E-state index in [0.29, 0.717) is 5.71 Å². The number of rotatable bonds is 1. The van der Waals surface area contributed by atoms with Gasteiger partial charge in [0, 0.05) is 6.20 Å². The first-order chi connectivity index (χ1) is 6.33. The van der Waals surface area contributed by atoms with E-state index in [1.54, 1.807) is 6.20 Å². The summed E-state index contributed by atoms with van der Waals surface area (Å²) < 4.78 is 0. The minimum Gasteiger partial charge on any atom is -0.392 e. The smallest absolute Gasteiger partial charge is 0.0872 e. The second-order valence-electron chi connectivity index (χ2n) is 3.29. The first-order valence-corrected chi connectivity index (χ1v) is 4.48. The minimum atomic E-state index is 0.0537. The van der Waals surface area contributed by atoms with Crippen LogP contribution in [-0.2, 0) is 13.0 Å². The fraction of sp³-hybridized carbons (Fsp3) is 0.400. The highest BCUT2D eigenvalue weighted by atomic mass is 16.3. The quantitative estimate of drug-likeness (QED) is 0.677. The number of nitrogens with one attached hydrogen (secondary N) is 1. The van der Waals surface area contributed by atoms with Crippen LogP contribution in [0.15, 0.2) is 12.3 Å². The van der Waals surface area contributed by atoms with E-state index in [-0.39, 0.29) is 6.61 Å². The minimum absolute atomic E-state index is 0.0537. The molecule has 3 heteroatoms. The molecule has 0 spiro atoms. The van der Waals surface area contributed by atoms with Gasteiger partial charge >= 0.3 is 0 Å². The Morgan fingerprint density at radius 1 is 1.46 bits per heavy atom. The lowest BCUT2D eigenvalue weighted by atomic mass is 9.91. The van der Waals surface area contributed by atoms with E-state index in [9.17, 15) is 0 Å². The molecule has 0 atom stereocenters. The highest BCUT2D eigenvalue weighted by Crippen LogP contribution is 2.22. The third-order valence-electron chi connectivity index (χ3n) is 2.46. The Hall–Kier alpha value is -1.22. The second kappa shape index (κ2) is 3.26. The first-order valence-electron chi connectivity index (χ1n) is 4.48. The summed E-state index contributed by atoms with van der Waals surface area (Å²) in [4.78, 5) is 4.17.